The highest BCUT2D eigenvalue weighted by molar-refractivity contribution is 7.89. The van der Waals surface area contributed by atoms with Crippen LogP contribution in [0.3, 0.4) is 0 Å². The molecule has 2 rings (SSSR count). The van der Waals surface area contributed by atoms with Crippen LogP contribution in [0.2, 0.25) is 0 Å². The first kappa shape index (κ1) is 40.4. The van der Waals surface area contributed by atoms with E-state index in [1.165, 1.54) is 0 Å². The van der Waals surface area contributed by atoms with Crippen molar-refractivity contribution in [2.24, 2.45) is 44.3 Å². The van der Waals surface area contributed by atoms with Crippen LogP contribution in [0.1, 0.15) is 134 Å². The third-order valence-corrected chi connectivity index (χ3v) is 13.6. The van der Waals surface area contributed by atoms with Gasteiger partial charge in [0.1, 0.15) is 11.9 Å². The number of halogens is 3. The number of nitrogens with one attached hydrogen (secondary N) is 1. The second-order valence-electron chi connectivity index (χ2n) is 17.4. The molecule has 2 aliphatic carbocycles. The third-order valence-electron chi connectivity index (χ3n) is 12.3. The van der Waals surface area contributed by atoms with Crippen LogP contribution in [-0.4, -0.2) is 38.5 Å². The molecule has 0 aromatic carbocycles. The Morgan fingerprint density at radius 2 is 1.59 bits per heavy atom. The summed E-state index contributed by atoms with van der Waals surface area (Å²) in [6.45, 7) is 22.4. The van der Waals surface area contributed by atoms with E-state index in [1.54, 1.807) is 6.92 Å². The predicted molar refractivity (Wildman–Crippen MR) is 177 cm³/mol. The monoisotopic (exact) mass is 672 g/mol. The number of hydrogen-bond donors (Lipinski definition) is 1. The minimum Gasteiger partial charge on any atom is -0.300 e. The van der Waals surface area contributed by atoms with Crippen LogP contribution in [0, 0.1) is 55.7 Å². The maximum Gasteiger partial charge on any atom is 0.404 e. The Morgan fingerprint density at radius 3 is 2.09 bits per heavy atom. The molecule has 46 heavy (non-hydrogen) atoms. The van der Waals surface area contributed by atoms with Crippen LogP contribution < -0.4 is 4.72 Å². The molecule has 0 spiro atoms. The zero-order valence-corrected chi connectivity index (χ0v) is 30.9. The lowest BCUT2D eigenvalue weighted by molar-refractivity contribution is -0.155. The molecule has 5 atom stereocenters. The first-order chi connectivity index (χ1) is 20.6. The van der Waals surface area contributed by atoms with E-state index in [0.717, 1.165) is 32.1 Å². The van der Waals surface area contributed by atoms with Crippen molar-refractivity contribution in [3.05, 3.63) is 11.6 Å². The minimum absolute atomic E-state index is 0.00207. The fourth-order valence-electron chi connectivity index (χ4n) is 8.90. The number of carbonyl (C=O) groups is 2. The first-order valence-corrected chi connectivity index (χ1v) is 18.5. The molecule has 1 N–H and O–H groups in total. The van der Waals surface area contributed by atoms with Crippen molar-refractivity contribution in [3.63, 3.8) is 0 Å². The number of carbonyl (C=O) groups excluding carboxylic acids is 2. The van der Waals surface area contributed by atoms with E-state index in [1.807, 2.05) is 26.8 Å². The van der Waals surface area contributed by atoms with E-state index >= 15 is 0 Å². The first-order valence-electron chi connectivity index (χ1n) is 16.8. The smallest absolute Gasteiger partial charge is 0.300 e. The molecule has 0 aliphatic heterocycles. The number of alkyl halides is 3. The summed E-state index contributed by atoms with van der Waals surface area (Å²) in [7, 11) is -4.56. The molecule has 0 radical (unpaired) electrons. The molecule has 0 aromatic heterocycles. The highest BCUT2D eigenvalue weighted by Crippen LogP contribution is 2.68. The summed E-state index contributed by atoms with van der Waals surface area (Å²) < 4.78 is 66.2. The summed E-state index contributed by atoms with van der Waals surface area (Å²) in [5.74, 6) is -2.24. The van der Waals surface area contributed by atoms with Gasteiger partial charge in [-0.1, -0.05) is 81.7 Å². The Kier molecular flexibility index (Phi) is 12.0. The van der Waals surface area contributed by atoms with Crippen molar-refractivity contribution < 1.29 is 31.2 Å². The molecule has 0 unspecified atom stereocenters. The SMILES string of the molecule is CCCC(C)(C)CC[C@@](C)(CCC(C)(C)[C@]1(C)CC[C@H]2C(C)(C)C(=O)C(C#N)=C[C@]2(C)[C@H]1CC(C)=O)CNS(=O)(=O)CC(F)(F)F. The summed E-state index contributed by atoms with van der Waals surface area (Å²) in [4.78, 5) is 26.1. The molecule has 2 aliphatic rings. The van der Waals surface area contributed by atoms with Gasteiger partial charge in [-0.25, -0.2) is 13.1 Å². The van der Waals surface area contributed by atoms with Crippen molar-refractivity contribution >= 4 is 21.6 Å². The van der Waals surface area contributed by atoms with Crippen molar-refractivity contribution in [1.29, 1.82) is 5.26 Å². The summed E-state index contributed by atoms with van der Waals surface area (Å²) in [5.41, 5.74) is -2.58. The summed E-state index contributed by atoms with van der Waals surface area (Å²) >= 11 is 0. The number of Topliss-reactive ketones (excluding diaryl/α,β-unsaturated/α-hetero) is 2. The third kappa shape index (κ3) is 9.03. The number of hydrogen-bond acceptors (Lipinski definition) is 5. The maximum atomic E-state index is 13.3. The average molecular weight is 673 g/mol. The predicted octanol–water partition coefficient (Wildman–Crippen LogP) is 8.96. The molecule has 0 aromatic rings. The van der Waals surface area contributed by atoms with Crippen molar-refractivity contribution in [1.82, 2.24) is 4.72 Å². The van der Waals surface area contributed by atoms with Crippen LogP contribution in [-0.2, 0) is 19.6 Å². The number of sulfonamides is 1. The summed E-state index contributed by atoms with van der Waals surface area (Å²) in [5, 5.41) is 9.92. The standard InChI is InChI=1S/C36H59F3N2O4S/c1-12-14-30(3,4)16-18-33(9,23-41-46(44,45)24-36(37,38)39)19-17-31(5,6)35(11)15-13-27-32(7,8)29(43)26(22-40)21-34(27,10)28(35)20-25(2)42/h21,27-28,41H,12-20,23-24H2,1-11H3/t27-,28+,33-,34-,35+/m0/s1. The summed E-state index contributed by atoms with van der Waals surface area (Å²) in [6, 6.07) is 2.13. The van der Waals surface area contributed by atoms with E-state index in [4.69, 9.17) is 0 Å². The quantitative estimate of drug-likeness (QED) is 0.187. The van der Waals surface area contributed by atoms with Gasteiger partial charge in [0.2, 0.25) is 10.0 Å². The Bertz CT molecular complexity index is 1330. The normalized spacial score (nSPS) is 28.5. The van der Waals surface area contributed by atoms with E-state index in [0.29, 0.717) is 25.7 Å². The molecule has 6 nitrogen and oxygen atoms in total. The van der Waals surface area contributed by atoms with Gasteiger partial charge in [-0.15, -0.1) is 0 Å². The Balaban J connectivity index is 2.51. The topological polar surface area (TPSA) is 104 Å². The van der Waals surface area contributed by atoms with E-state index < -0.39 is 43.6 Å². The Labute approximate surface area is 276 Å². The van der Waals surface area contributed by atoms with Gasteiger partial charge in [0.15, 0.2) is 11.5 Å². The lowest BCUT2D eigenvalue weighted by atomic mass is 9.39. The van der Waals surface area contributed by atoms with Crippen LogP contribution >= 0.6 is 0 Å². The minimum atomic E-state index is -4.83. The number of nitrogens with zero attached hydrogens (tertiary/aromatic N) is 1. The van der Waals surface area contributed by atoms with E-state index in [-0.39, 0.29) is 46.4 Å². The fraction of sp³-hybridized carbons (Fsp3) is 0.861. The zero-order chi connectivity index (χ0) is 35.8. The average Bonchev–Trinajstić information content (AvgIpc) is 2.88. The molecule has 0 saturated heterocycles. The van der Waals surface area contributed by atoms with Gasteiger partial charge in [0.25, 0.3) is 0 Å². The van der Waals surface area contributed by atoms with Gasteiger partial charge >= 0.3 is 6.18 Å². The maximum absolute atomic E-state index is 13.3. The van der Waals surface area contributed by atoms with E-state index in [2.05, 4.69) is 59.3 Å². The Hall–Kier alpha value is -1.73. The van der Waals surface area contributed by atoms with Crippen LogP contribution in [0.4, 0.5) is 13.2 Å². The molecular weight excluding hydrogens is 613 g/mol. The molecule has 0 bridgehead atoms. The van der Waals surface area contributed by atoms with Gasteiger partial charge in [0, 0.05) is 18.4 Å². The van der Waals surface area contributed by atoms with Crippen molar-refractivity contribution in [2.45, 2.75) is 140 Å². The molecule has 264 valence electrons. The van der Waals surface area contributed by atoms with Crippen LogP contribution in [0.25, 0.3) is 0 Å². The van der Waals surface area contributed by atoms with Crippen molar-refractivity contribution in [2.75, 3.05) is 12.3 Å². The van der Waals surface area contributed by atoms with Gasteiger partial charge in [0.05, 0.1) is 5.57 Å². The van der Waals surface area contributed by atoms with Gasteiger partial charge in [-0.2, -0.15) is 18.4 Å². The second kappa shape index (κ2) is 13.6. The number of rotatable bonds is 15. The van der Waals surface area contributed by atoms with Gasteiger partial charge < -0.3 is 4.79 Å². The van der Waals surface area contributed by atoms with Gasteiger partial charge in [-0.05, 0) is 90.8 Å². The molecule has 1 saturated carbocycles. The van der Waals surface area contributed by atoms with Crippen molar-refractivity contribution in [3.8, 4) is 6.07 Å². The lowest BCUT2D eigenvalue weighted by Crippen LogP contribution is -2.60. The number of fused-ring (bicyclic) bond motifs is 1. The number of ketones is 2. The summed E-state index contributed by atoms with van der Waals surface area (Å²) in [6.07, 6.45) is 3.46. The Morgan fingerprint density at radius 1 is 1.02 bits per heavy atom. The number of allylic oxidation sites excluding steroid dienone is 2. The van der Waals surface area contributed by atoms with Crippen LogP contribution in [0.15, 0.2) is 11.6 Å². The molecule has 1 fully saturated rings. The fourth-order valence-corrected chi connectivity index (χ4v) is 10.0. The second-order valence-corrected chi connectivity index (χ2v) is 19.2. The van der Waals surface area contributed by atoms with E-state index in [9.17, 15) is 36.4 Å². The number of nitriles is 1. The van der Waals surface area contributed by atoms with Crippen LogP contribution in [0.5, 0.6) is 0 Å². The molecule has 0 amide bonds. The molecule has 10 heteroatoms. The molecule has 0 heterocycles. The molecular formula is C36H59F3N2O4S. The zero-order valence-electron chi connectivity index (χ0n) is 30.1. The highest BCUT2D eigenvalue weighted by atomic mass is 32.2. The lowest BCUT2D eigenvalue weighted by Gasteiger charge is -2.64. The van der Waals surface area contributed by atoms with Gasteiger partial charge in [-0.3, -0.25) is 4.79 Å². The largest absolute Gasteiger partial charge is 0.404 e. The highest BCUT2D eigenvalue weighted by Gasteiger charge is 2.63.